The van der Waals surface area contributed by atoms with Crippen molar-refractivity contribution < 1.29 is 9.53 Å². The standard InChI is InChI=1S/C21H20N2O2/c1-25-19-12-6-5-10-17(19)21(24)23-15-14-22-13-7-11-18(22)20(23)16-8-3-2-4-9-16/h2-13,20H,14-15H2,1H3/t20-/m1/s1. The van der Waals surface area contributed by atoms with Crippen molar-refractivity contribution in [3.63, 3.8) is 0 Å². The Labute approximate surface area is 147 Å². The summed E-state index contributed by atoms with van der Waals surface area (Å²) < 4.78 is 7.63. The van der Waals surface area contributed by atoms with Crippen LogP contribution in [0.4, 0.5) is 0 Å². The number of hydrogen-bond acceptors (Lipinski definition) is 2. The van der Waals surface area contributed by atoms with Crippen molar-refractivity contribution in [3.05, 3.63) is 89.7 Å². The first-order chi connectivity index (χ1) is 12.3. The first-order valence-electron chi connectivity index (χ1n) is 8.43. The minimum absolute atomic E-state index is 0.00115. The van der Waals surface area contributed by atoms with E-state index >= 15 is 0 Å². The monoisotopic (exact) mass is 332 g/mol. The second-order valence-corrected chi connectivity index (χ2v) is 6.14. The zero-order valence-electron chi connectivity index (χ0n) is 14.1. The summed E-state index contributed by atoms with van der Waals surface area (Å²) in [5.41, 5.74) is 2.86. The maximum atomic E-state index is 13.3. The topological polar surface area (TPSA) is 34.5 Å². The van der Waals surface area contributed by atoms with Crippen LogP contribution in [0.3, 0.4) is 0 Å². The van der Waals surface area contributed by atoms with Gasteiger partial charge in [0.25, 0.3) is 5.91 Å². The maximum Gasteiger partial charge on any atom is 0.258 e. The molecule has 0 saturated carbocycles. The molecule has 1 aliphatic heterocycles. The van der Waals surface area contributed by atoms with Gasteiger partial charge in [-0.1, -0.05) is 42.5 Å². The molecule has 1 amide bonds. The van der Waals surface area contributed by atoms with E-state index < -0.39 is 0 Å². The lowest BCUT2D eigenvalue weighted by Crippen LogP contribution is -2.42. The van der Waals surface area contributed by atoms with E-state index in [0.717, 1.165) is 17.8 Å². The van der Waals surface area contributed by atoms with E-state index in [1.807, 2.05) is 53.4 Å². The van der Waals surface area contributed by atoms with Crippen molar-refractivity contribution in [1.29, 1.82) is 0 Å². The molecule has 25 heavy (non-hydrogen) atoms. The summed E-state index contributed by atoms with van der Waals surface area (Å²) in [5.74, 6) is 0.610. The quantitative estimate of drug-likeness (QED) is 0.732. The molecule has 3 aromatic rings. The highest BCUT2D eigenvalue weighted by atomic mass is 16.5. The second-order valence-electron chi connectivity index (χ2n) is 6.14. The minimum Gasteiger partial charge on any atom is -0.496 e. The molecule has 2 heterocycles. The van der Waals surface area contributed by atoms with Crippen molar-refractivity contribution in [3.8, 4) is 5.75 Å². The van der Waals surface area contributed by atoms with Gasteiger partial charge >= 0.3 is 0 Å². The molecule has 0 fully saturated rings. The van der Waals surface area contributed by atoms with Gasteiger partial charge in [0.2, 0.25) is 0 Å². The molecule has 0 saturated heterocycles. The van der Waals surface area contributed by atoms with Crippen molar-refractivity contribution >= 4 is 5.91 Å². The van der Waals surface area contributed by atoms with Crippen LogP contribution < -0.4 is 4.74 Å². The number of methoxy groups -OCH3 is 1. The lowest BCUT2D eigenvalue weighted by atomic mass is 9.98. The van der Waals surface area contributed by atoms with Crippen LogP contribution in [0.1, 0.15) is 27.7 Å². The van der Waals surface area contributed by atoms with Crippen LogP contribution in [0.5, 0.6) is 5.75 Å². The normalized spacial score (nSPS) is 16.4. The van der Waals surface area contributed by atoms with Crippen LogP contribution in [0.25, 0.3) is 0 Å². The number of amides is 1. The first-order valence-corrected chi connectivity index (χ1v) is 8.43. The number of para-hydroxylation sites is 1. The molecule has 1 aliphatic rings. The van der Waals surface area contributed by atoms with Gasteiger partial charge in [-0.3, -0.25) is 4.79 Å². The molecule has 4 heteroatoms. The number of carbonyl (C=O) groups excluding carboxylic acids is 1. The molecule has 4 nitrogen and oxygen atoms in total. The second kappa shape index (κ2) is 6.48. The molecule has 126 valence electrons. The number of nitrogens with zero attached hydrogens (tertiary/aromatic N) is 2. The predicted molar refractivity (Wildman–Crippen MR) is 96.7 cm³/mol. The molecule has 0 radical (unpaired) electrons. The Morgan fingerprint density at radius 2 is 1.72 bits per heavy atom. The lowest BCUT2D eigenvalue weighted by Gasteiger charge is -2.37. The molecule has 0 unspecified atom stereocenters. The van der Waals surface area contributed by atoms with E-state index in [1.165, 1.54) is 0 Å². The van der Waals surface area contributed by atoms with E-state index in [9.17, 15) is 4.79 Å². The molecule has 0 N–H and O–H groups in total. The van der Waals surface area contributed by atoms with Crippen LogP contribution in [-0.2, 0) is 6.54 Å². The fraction of sp³-hybridized carbons (Fsp3) is 0.190. The summed E-state index contributed by atoms with van der Waals surface area (Å²) in [7, 11) is 1.60. The number of hydrogen-bond donors (Lipinski definition) is 0. The Hall–Kier alpha value is -3.01. The number of rotatable bonds is 3. The van der Waals surface area contributed by atoms with Crippen LogP contribution in [0.2, 0.25) is 0 Å². The van der Waals surface area contributed by atoms with Gasteiger partial charge in [-0.25, -0.2) is 0 Å². The Kier molecular flexibility index (Phi) is 4.02. The highest BCUT2D eigenvalue weighted by molar-refractivity contribution is 5.97. The number of ether oxygens (including phenoxy) is 1. The van der Waals surface area contributed by atoms with E-state index in [2.05, 4.69) is 29.0 Å². The summed E-state index contributed by atoms with van der Waals surface area (Å²) >= 11 is 0. The summed E-state index contributed by atoms with van der Waals surface area (Å²) in [6.45, 7) is 1.46. The predicted octanol–water partition coefficient (Wildman–Crippen LogP) is 3.74. The summed E-state index contributed by atoms with van der Waals surface area (Å²) in [4.78, 5) is 15.3. The van der Waals surface area contributed by atoms with Gasteiger partial charge in [0.15, 0.2) is 0 Å². The molecule has 0 bridgehead atoms. The summed E-state index contributed by atoms with van der Waals surface area (Å²) in [6, 6.07) is 21.7. The highest BCUT2D eigenvalue weighted by Crippen LogP contribution is 2.34. The fourth-order valence-electron chi connectivity index (χ4n) is 3.56. The molecule has 1 aromatic heterocycles. The van der Waals surface area contributed by atoms with E-state index in [-0.39, 0.29) is 11.9 Å². The van der Waals surface area contributed by atoms with Crippen molar-refractivity contribution in [1.82, 2.24) is 9.47 Å². The Bertz CT molecular complexity index is 886. The minimum atomic E-state index is -0.0950. The average molecular weight is 332 g/mol. The van der Waals surface area contributed by atoms with Crippen molar-refractivity contribution in [2.24, 2.45) is 0 Å². The third-order valence-electron chi connectivity index (χ3n) is 4.75. The molecular weight excluding hydrogens is 312 g/mol. The largest absolute Gasteiger partial charge is 0.496 e. The van der Waals surface area contributed by atoms with Gasteiger partial charge in [-0.2, -0.15) is 0 Å². The third-order valence-corrected chi connectivity index (χ3v) is 4.75. The first kappa shape index (κ1) is 15.5. The van der Waals surface area contributed by atoms with Gasteiger partial charge in [0, 0.05) is 25.0 Å². The van der Waals surface area contributed by atoms with E-state index in [4.69, 9.17) is 4.74 Å². The Morgan fingerprint density at radius 1 is 0.960 bits per heavy atom. The van der Waals surface area contributed by atoms with Gasteiger partial charge < -0.3 is 14.2 Å². The van der Waals surface area contributed by atoms with Crippen LogP contribution in [0, 0.1) is 0 Å². The number of aromatic nitrogens is 1. The van der Waals surface area contributed by atoms with E-state index in [0.29, 0.717) is 17.9 Å². The van der Waals surface area contributed by atoms with Gasteiger partial charge in [0.1, 0.15) is 5.75 Å². The molecule has 0 spiro atoms. The van der Waals surface area contributed by atoms with Gasteiger partial charge in [-0.15, -0.1) is 0 Å². The average Bonchev–Trinajstić information content (AvgIpc) is 3.16. The van der Waals surface area contributed by atoms with Crippen molar-refractivity contribution in [2.75, 3.05) is 13.7 Å². The Morgan fingerprint density at radius 3 is 2.52 bits per heavy atom. The summed E-state index contributed by atoms with van der Waals surface area (Å²) in [6.07, 6.45) is 2.08. The lowest BCUT2D eigenvalue weighted by molar-refractivity contribution is 0.0660. The zero-order chi connectivity index (χ0) is 17.2. The van der Waals surface area contributed by atoms with Crippen LogP contribution in [0.15, 0.2) is 72.9 Å². The number of fused-ring (bicyclic) bond motifs is 1. The number of benzene rings is 2. The summed E-state index contributed by atoms with van der Waals surface area (Å²) in [5, 5.41) is 0. The smallest absolute Gasteiger partial charge is 0.258 e. The molecule has 4 rings (SSSR count). The molecule has 1 atom stereocenters. The molecule has 0 aliphatic carbocycles. The fourth-order valence-corrected chi connectivity index (χ4v) is 3.56. The van der Waals surface area contributed by atoms with Crippen LogP contribution >= 0.6 is 0 Å². The van der Waals surface area contributed by atoms with Gasteiger partial charge in [0.05, 0.1) is 18.7 Å². The van der Waals surface area contributed by atoms with Crippen LogP contribution in [-0.4, -0.2) is 29.0 Å². The van der Waals surface area contributed by atoms with Gasteiger partial charge in [-0.05, 0) is 29.8 Å². The molecule has 2 aromatic carbocycles. The number of carbonyl (C=O) groups is 1. The Balaban J connectivity index is 1.79. The zero-order valence-corrected chi connectivity index (χ0v) is 14.1. The van der Waals surface area contributed by atoms with E-state index in [1.54, 1.807) is 7.11 Å². The third kappa shape index (κ3) is 2.70. The SMILES string of the molecule is COc1ccccc1C(=O)N1CCn2cccc2[C@H]1c1ccccc1. The highest BCUT2D eigenvalue weighted by Gasteiger charge is 2.33. The molecular formula is C21H20N2O2. The van der Waals surface area contributed by atoms with Crippen molar-refractivity contribution in [2.45, 2.75) is 12.6 Å². The maximum absolute atomic E-state index is 13.3.